The van der Waals surface area contributed by atoms with Crippen molar-refractivity contribution in [1.82, 2.24) is 10.1 Å². The molecule has 8 heteroatoms. The Morgan fingerprint density at radius 3 is 3.00 bits per heavy atom. The van der Waals surface area contributed by atoms with Crippen molar-refractivity contribution in [3.63, 3.8) is 0 Å². The zero-order chi connectivity index (χ0) is 15.9. The van der Waals surface area contributed by atoms with E-state index < -0.39 is 10.8 Å². The van der Waals surface area contributed by atoms with E-state index in [4.69, 9.17) is 4.52 Å². The maximum Gasteiger partial charge on any atom is 0.226 e. The molecule has 0 aliphatic carbocycles. The molecule has 1 amide bonds. The first-order valence-corrected chi connectivity index (χ1v) is 9.45. The number of hydrogen-bond acceptors (Lipinski definition) is 6. The van der Waals surface area contributed by atoms with Crippen molar-refractivity contribution in [2.24, 2.45) is 0 Å². The Morgan fingerprint density at radius 1 is 1.50 bits per heavy atom. The molecule has 0 saturated heterocycles. The third-order valence-electron chi connectivity index (χ3n) is 2.82. The number of thiazole rings is 1. The molecule has 0 aliphatic rings. The summed E-state index contributed by atoms with van der Waals surface area (Å²) in [4.78, 5) is 16.2. The third-order valence-corrected chi connectivity index (χ3v) is 5.06. The Bertz CT molecular complexity index is 651. The van der Waals surface area contributed by atoms with Gasteiger partial charge in [-0.05, 0) is 19.8 Å². The number of amides is 1. The van der Waals surface area contributed by atoms with Crippen molar-refractivity contribution in [3.05, 3.63) is 27.9 Å². The highest BCUT2D eigenvalue weighted by molar-refractivity contribution is 7.84. The second-order valence-corrected chi connectivity index (χ2v) is 7.41. The lowest BCUT2D eigenvalue weighted by atomic mass is 10.3. The zero-order valence-electron chi connectivity index (χ0n) is 12.6. The Morgan fingerprint density at radius 2 is 2.32 bits per heavy atom. The van der Waals surface area contributed by atoms with Crippen LogP contribution in [0.25, 0.3) is 0 Å². The molecule has 22 heavy (non-hydrogen) atoms. The molecule has 2 aromatic heterocycles. The van der Waals surface area contributed by atoms with E-state index in [9.17, 15) is 9.00 Å². The lowest BCUT2D eigenvalue weighted by molar-refractivity contribution is -0.115. The van der Waals surface area contributed by atoms with E-state index in [-0.39, 0.29) is 12.3 Å². The molecule has 0 aliphatic heterocycles. The number of hydrogen-bond donors (Lipinski definition) is 1. The van der Waals surface area contributed by atoms with Gasteiger partial charge in [0.25, 0.3) is 0 Å². The molecule has 0 radical (unpaired) electrons. The van der Waals surface area contributed by atoms with Gasteiger partial charge in [-0.3, -0.25) is 9.00 Å². The predicted octanol–water partition coefficient (Wildman–Crippen LogP) is 2.67. The Balaban J connectivity index is 1.73. The molecule has 0 spiro atoms. The van der Waals surface area contributed by atoms with E-state index in [0.29, 0.717) is 23.1 Å². The highest BCUT2D eigenvalue weighted by Gasteiger charge is 2.10. The summed E-state index contributed by atoms with van der Waals surface area (Å²) in [6.45, 7) is 3.85. The summed E-state index contributed by atoms with van der Waals surface area (Å²) in [5.41, 5.74) is 0.847. The van der Waals surface area contributed by atoms with E-state index in [1.807, 2.05) is 5.38 Å². The highest BCUT2D eigenvalue weighted by Crippen LogP contribution is 2.13. The molecular weight excluding hydrogens is 322 g/mol. The maximum absolute atomic E-state index is 12.0. The molecule has 0 saturated carbocycles. The first-order valence-electron chi connectivity index (χ1n) is 7.08. The van der Waals surface area contributed by atoms with Crippen LogP contribution in [-0.4, -0.2) is 26.0 Å². The average molecular weight is 341 g/mol. The summed E-state index contributed by atoms with van der Waals surface area (Å²) >= 11 is 1.60. The van der Waals surface area contributed by atoms with E-state index in [1.165, 1.54) is 0 Å². The summed E-state index contributed by atoms with van der Waals surface area (Å²) < 4.78 is 16.9. The summed E-state index contributed by atoms with van der Waals surface area (Å²) in [5.74, 6) is 1.51. The van der Waals surface area contributed by atoms with Crippen molar-refractivity contribution in [2.45, 2.75) is 38.9 Å². The van der Waals surface area contributed by atoms with E-state index in [1.54, 1.807) is 24.3 Å². The summed E-state index contributed by atoms with van der Waals surface area (Å²) in [6.07, 6.45) is 2.19. The molecular formula is C14H19N3O3S2. The van der Waals surface area contributed by atoms with E-state index in [2.05, 4.69) is 22.4 Å². The summed E-state index contributed by atoms with van der Waals surface area (Å²) in [7, 11) is -1.10. The van der Waals surface area contributed by atoms with E-state index in [0.717, 1.165) is 23.5 Å². The van der Waals surface area contributed by atoms with Gasteiger partial charge in [-0.2, -0.15) is 0 Å². The Hall–Kier alpha value is -1.54. The van der Waals surface area contributed by atoms with E-state index >= 15 is 0 Å². The van der Waals surface area contributed by atoms with Gasteiger partial charge in [0.15, 0.2) is 5.82 Å². The van der Waals surface area contributed by atoms with Gasteiger partial charge in [-0.25, -0.2) is 4.98 Å². The number of aromatic nitrogens is 2. The molecule has 0 aromatic carbocycles. The van der Waals surface area contributed by atoms with Crippen LogP contribution in [0.4, 0.5) is 5.82 Å². The third kappa shape index (κ3) is 5.34. The number of anilines is 1. The average Bonchev–Trinajstić information content (AvgIpc) is 3.06. The van der Waals surface area contributed by atoms with Crippen LogP contribution < -0.4 is 5.32 Å². The second kappa shape index (κ2) is 8.19. The van der Waals surface area contributed by atoms with Gasteiger partial charge in [0.05, 0.1) is 16.5 Å². The van der Waals surface area contributed by atoms with Gasteiger partial charge in [0.1, 0.15) is 5.76 Å². The molecule has 1 N–H and O–H groups in total. The SMILES string of the molecule is CCCc1nc(C[S@](=O)CCC(=O)Nc2cc(C)on2)cs1. The standard InChI is InChI=1S/C14H19N3O3S2/c1-3-4-14-15-11(8-21-14)9-22(19)6-5-13(18)16-12-7-10(2)20-17-12/h7-8H,3-6,9H2,1-2H3,(H,16,17,18)/t22-/m1/s1. The highest BCUT2D eigenvalue weighted by atomic mass is 32.2. The molecule has 120 valence electrons. The Kier molecular flexibility index (Phi) is 6.26. The van der Waals surface area contributed by atoms with Crippen LogP contribution >= 0.6 is 11.3 Å². The van der Waals surface area contributed by atoms with Crippen molar-refractivity contribution >= 4 is 33.9 Å². The minimum atomic E-state index is -1.10. The molecule has 0 fully saturated rings. The van der Waals surface area contributed by atoms with Crippen molar-refractivity contribution in [1.29, 1.82) is 0 Å². The fourth-order valence-electron chi connectivity index (χ4n) is 1.82. The quantitative estimate of drug-likeness (QED) is 0.798. The zero-order valence-corrected chi connectivity index (χ0v) is 14.3. The van der Waals surface area contributed by atoms with Gasteiger partial charge in [0.2, 0.25) is 5.91 Å². The minimum Gasteiger partial charge on any atom is -0.360 e. The molecule has 0 bridgehead atoms. The molecule has 2 aromatic rings. The molecule has 6 nitrogen and oxygen atoms in total. The largest absolute Gasteiger partial charge is 0.360 e. The van der Waals surface area contributed by atoms with Crippen LogP contribution in [0.15, 0.2) is 16.0 Å². The number of nitrogens with zero attached hydrogens (tertiary/aromatic N) is 2. The van der Waals surface area contributed by atoms with Gasteiger partial charge in [-0.15, -0.1) is 11.3 Å². The number of carbonyl (C=O) groups is 1. The van der Waals surface area contributed by atoms with Gasteiger partial charge < -0.3 is 9.84 Å². The summed E-state index contributed by atoms with van der Waals surface area (Å²) in [5, 5.41) is 9.31. The smallest absolute Gasteiger partial charge is 0.226 e. The van der Waals surface area contributed by atoms with Gasteiger partial charge >= 0.3 is 0 Å². The van der Waals surface area contributed by atoms with Crippen LogP contribution in [0.2, 0.25) is 0 Å². The van der Waals surface area contributed by atoms with Crippen molar-refractivity contribution in [3.8, 4) is 0 Å². The number of aryl methyl sites for hydroxylation is 2. The normalized spacial score (nSPS) is 12.3. The van der Waals surface area contributed by atoms with Crippen LogP contribution in [0, 0.1) is 6.92 Å². The van der Waals surface area contributed by atoms with Crippen LogP contribution in [0.1, 0.15) is 36.2 Å². The fraction of sp³-hybridized carbons (Fsp3) is 0.500. The molecule has 1 atom stereocenters. The number of rotatable bonds is 8. The molecule has 0 unspecified atom stereocenters. The first kappa shape index (κ1) is 16.8. The fourth-order valence-corrected chi connectivity index (χ4v) is 3.86. The number of carbonyl (C=O) groups excluding carboxylic acids is 1. The topological polar surface area (TPSA) is 85.1 Å². The summed E-state index contributed by atoms with van der Waals surface area (Å²) in [6, 6.07) is 1.64. The van der Waals surface area contributed by atoms with Crippen molar-refractivity contribution in [2.75, 3.05) is 11.1 Å². The van der Waals surface area contributed by atoms with Crippen LogP contribution in [0.3, 0.4) is 0 Å². The van der Waals surface area contributed by atoms with Crippen molar-refractivity contribution < 1.29 is 13.5 Å². The van der Waals surface area contributed by atoms with Gasteiger partial charge in [0, 0.05) is 34.4 Å². The first-order chi connectivity index (χ1) is 10.6. The monoisotopic (exact) mass is 341 g/mol. The Labute approximate surface area is 135 Å². The molecule has 2 rings (SSSR count). The lowest BCUT2D eigenvalue weighted by Crippen LogP contribution is -2.15. The maximum atomic E-state index is 12.0. The van der Waals surface area contributed by atoms with Crippen LogP contribution in [-0.2, 0) is 27.8 Å². The molecule has 2 heterocycles. The van der Waals surface area contributed by atoms with Crippen LogP contribution in [0.5, 0.6) is 0 Å². The second-order valence-electron chi connectivity index (χ2n) is 4.89. The lowest BCUT2D eigenvalue weighted by Gasteiger charge is -2.01. The minimum absolute atomic E-state index is 0.185. The van der Waals surface area contributed by atoms with Gasteiger partial charge in [-0.1, -0.05) is 12.1 Å². The number of nitrogens with one attached hydrogen (secondary N) is 1. The predicted molar refractivity (Wildman–Crippen MR) is 87.3 cm³/mol.